The summed E-state index contributed by atoms with van der Waals surface area (Å²) >= 11 is 1.65. The van der Waals surface area contributed by atoms with Crippen LogP contribution in [0.4, 0.5) is 5.69 Å². The van der Waals surface area contributed by atoms with Gasteiger partial charge in [0.2, 0.25) is 0 Å². The maximum Gasteiger partial charge on any atom is 0.280 e. The predicted molar refractivity (Wildman–Crippen MR) is 100 cm³/mol. The molecule has 0 radical (unpaired) electrons. The van der Waals surface area contributed by atoms with E-state index in [1.807, 2.05) is 6.07 Å². The van der Waals surface area contributed by atoms with Gasteiger partial charge in [0, 0.05) is 6.42 Å². The molecule has 2 aromatic rings. The number of β-amino-alcohol motifs (C(OH)–C–C–N with tert-alkyl or cyclic N) is 1. The fraction of sp³-hybridized carbons (Fsp3) is 0.450. The molecule has 0 saturated heterocycles. The minimum absolute atomic E-state index is 0.618. The molecular formula is C20H25N2OS+. The number of nitrogens with zero attached hydrogens (tertiary/aromatic N) is 2. The topological polar surface area (TPSA) is 26.5 Å². The first-order chi connectivity index (χ1) is 11.6. The zero-order valence-corrected chi connectivity index (χ0v) is 15.3. The minimum atomic E-state index is -0.899. The Morgan fingerprint density at radius 2 is 2.04 bits per heavy atom. The molecule has 1 aromatic carbocycles. The second-order valence-electron chi connectivity index (χ2n) is 7.05. The molecule has 0 amide bonds. The molecule has 126 valence electrons. The lowest BCUT2D eigenvalue weighted by molar-refractivity contribution is -0.657. The van der Waals surface area contributed by atoms with Crippen LogP contribution in [0.25, 0.3) is 0 Å². The van der Waals surface area contributed by atoms with Crippen molar-refractivity contribution in [3.05, 3.63) is 51.7 Å². The van der Waals surface area contributed by atoms with Crippen LogP contribution >= 0.6 is 11.3 Å². The van der Waals surface area contributed by atoms with Crippen LogP contribution in [0.5, 0.6) is 0 Å². The molecule has 3 heterocycles. The SMILES string of the molecule is Cc1ccc(C)c(N2CC(O)(c3cccs3)[N+]3=C2CCCCC3)c1. The van der Waals surface area contributed by atoms with Gasteiger partial charge >= 0.3 is 0 Å². The summed E-state index contributed by atoms with van der Waals surface area (Å²) in [6.07, 6.45) is 4.63. The normalized spacial score (nSPS) is 24.2. The number of anilines is 1. The van der Waals surface area contributed by atoms with Crippen molar-refractivity contribution in [1.82, 2.24) is 0 Å². The lowest BCUT2D eigenvalue weighted by Gasteiger charge is -2.22. The third-order valence-corrected chi connectivity index (χ3v) is 6.31. The van der Waals surface area contributed by atoms with Gasteiger partial charge in [-0.25, -0.2) is 9.48 Å². The first kappa shape index (κ1) is 15.9. The van der Waals surface area contributed by atoms with Gasteiger partial charge in [-0.1, -0.05) is 18.2 Å². The molecule has 24 heavy (non-hydrogen) atoms. The molecule has 1 unspecified atom stereocenters. The van der Waals surface area contributed by atoms with Gasteiger partial charge in [-0.15, -0.1) is 11.3 Å². The van der Waals surface area contributed by atoms with E-state index in [0.29, 0.717) is 6.54 Å². The van der Waals surface area contributed by atoms with Gasteiger partial charge in [0.1, 0.15) is 5.69 Å². The van der Waals surface area contributed by atoms with Crippen LogP contribution in [-0.4, -0.2) is 28.6 Å². The third-order valence-electron chi connectivity index (χ3n) is 5.30. The van der Waals surface area contributed by atoms with Crippen molar-refractivity contribution in [2.45, 2.75) is 45.3 Å². The number of amidine groups is 1. The average molecular weight is 342 g/mol. The lowest BCUT2D eigenvalue weighted by Crippen LogP contribution is -2.40. The molecule has 4 heteroatoms. The van der Waals surface area contributed by atoms with Crippen LogP contribution in [0.3, 0.4) is 0 Å². The third kappa shape index (κ3) is 2.49. The van der Waals surface area contributed by atoms with Crippen molar-refractivity contribution >= 4 is 22.9 Å². The molecule has 3 nitrogen and oxygen atoms in total. The second kappa shape index (κ2) is 6.01. The van der Waals surface area contributed by atoms with Gasteiger partial charge in [0.15, 0.2) is 6.54 Å². The summed E-state index contributed by atoms with van der Waals surface area (Å²) in [6, 6.07) is 10.7. The van der Waals surface area contributed by atoms with Crippen LogP contribution in [0, 0.1) is 13.8 Å². The highest BCUT2D eigenvalue weighted by atomic mass is 32.1. The van der Waals surface area contributed by atoms with Crippen molar-refractivity contribution in [2.24, 2.45) is 0 Å². The Bertz CT molecular complexity index is 781. The van der Waals surface area contributed by atoms with Gasteiger partial charge in [-0.3, -0.25) is 0 Å². The van der Waals surface area contributed by atoms with Crippen LogP contribution in [-0.2, 0) is 5.72 Å². The summed E-state index contributed by atoms with van der Waals surface area (Å²) in [5.74, 6) is 1.29. The number of hydrogen-bond donors (Lipinski definition) is 1. The Labute approximate surface area is 147 Å². The summed E-state index contributed by atoms with van der Waals surface area (Å²) in [4.78, 5) is 3.42. The first-order valence-corrected chi connectivity index (χ1v) is 9.72. The van der Waals surface area contributed by atoms with Crippen LogP contribution < -0.4 is 4.90 Å². The summed E-state index contributed by atoms with van der Waals surface area (Å²) in [7, 11) is 0. The summed E-state index contributed by atoms with van der Waals surface area (Å²) in [5, 5.41) is 13.7. The van der Waals surface area contributed by atoms with E-state index in [2.05, 4.69) is 53.0 Å². The predicted octanol–water partition coefficient (Wildman–Crippen LogP) is 4.02. The second-order valence-corrected chi connectivity index (χ2v) is 8.00. The van der Waals surface area contributed by atoms with Crippen LogP contribution in [0.15, 0.2) is 35.7 Å². The smallest absolute Gasteiger partial charge is 0.280 e. The summed E-state index contributed by atoms with van der Waals surface area (Å²) in [6.45, 7) is 5.86. The van der Waals surface area contributed by atoms with E-state index in [9.17, 15) is 5.11 Å². The van der Waals surface area contributed by atoms with Crippen molar-refractivity contribution < 1.29 is 9.68 Å². The molecule has 1 atom stereocenters. The summed E-state index contributed by atoms with van der Waals surface area (Å²) < 4.78 is 2.27. The van der Waals surface area contributed by atoms with E-state index in [1.54, 1.807) is 11.3 Å². The zero-order chi connectivity index (χ0) is 16.7. The number of thiophene rings is 1. The average Bonchev–Trinajstić information content (AvgIpc) is 3.11. The molecule has 1 N–H and O–H groups in total. The van der Waals surface area contributed by atoms with Gasteiger partial charge in [-0.05, 0) is 61.7 Å². The van der Waals surface area contributed by atoms with Gasteiger partial charge in [0.05, 0.1) is 11.4 Å². The Morgan fingerprint density at radius 3 is 2.83 bits per heavy atom. The summed E-state index contributed by atoms with van der Waals surface area (Å²) in [5.41, 5.74) is 2.88. The maximum atomic E-state index is 11.6. The number of hydrogen-bond acceptors (Lipinski definition) is 3. The molecule has 1 aromatic heterocycles. The van der Waals surface area contributed by atoms with Crippen LogP contribution in [0.2, 0.25) is 0 Å². The molecule has 2 aliphatic rings. The molecule has 0 saturated carbocycles. The monoisotopic (exact) mass is 341 g/mol. The van der Waals surface area contributed by atoms with Crippen molar-refractivity contribution in [2.75, 3.05) is 18.0 Å². The van der Waals surface area contributed by atoms with Crippen molar-refractivity contribution in [1.29, 1.82) is 0 Å². The number of aliphatic hydroxyl groups is 1. The zero-order valence-electron chi connectivity index (χ0n) is 14.5. The molecular weight excluding hydrogens is 316 g/mol. The van der Waals surface area contributed by atoms with E-state index < -0.39 is 5.72 Å². The highest BCUT2D eigenvalue weighted by Crippen LogP contribution is 2.38. The molecule has 0 aliphatic carbocycles. The quantitative estimate of drug-likeness (QED) is 0.835. The van der Waals surface area contributed by atoms with Gasteiger partial charge in [0.25, 0.3) is 11.6 Å². The Balaban J connectivity index is 1.85. The molecule has 0 fully saturated rings. The van der Waals surface area contributed by atoms with Gasteiger partial charge in [-0.2, -0.15) is 0 Å². The van der Waals surface area contributed by atoms with Gasteiger partial charge < -0.3 is 5.11 Å². The number of aryl methyl sites for hydroxylation is 2. The standard InChI is InChI=1S/C20H25N2OS/c1-15-9-10-16(2)17(13-15)21-14-20(23,18-7-6-12-24-18)22-11-5-3-4-8-19(21)22/h6-7,9-10,12-13,23H,3-5,8,11,14H2,1-2H3/q+1. The van der Waals surface area contributed by atoms with Crippen LogP contribution in [0.1, 0.15) is 41.7 Å². The number of rotatable bonds is 2. The molecule has 0 bridgehead atoms. The Morgan fingerprint density at radius 1 is 1.17 bits per heavy atom. The largest absolute Gasteiger partial charge is 0.346 e. The molecule has 2 aliphatic heterocycles. The van der Waals surface area contributed by atoms with Crippen molar-refractivity contribution in [3.63, 3.8) is 0 Å². The molecule has 4 rings (SSSR count). The Hall–Kier alpha value is -1.65. The Kier molecular flexibility index (Phi) is 3.97. The fourth-order valence-electron chi connectivity index (χ4n) is 4.02. The first-order valence-electron chi connectivity index (χ1n) is 8.84. The lowest BCUT2D eigenvalue weighted by atomic mass is 10.1. The maximum absolute atomic E-state index is 11.6. The highest BCUT2D eigenvalue weighted by Gasteiger charge is 2.52. The van der Waals surface area contributed by atoms with E-state index in [0.717, 1.165) is 24.3 Å². The van der Waals surface area contributed by atoms with E-state index in [-0.39, 0.29) is 0 Å². The van der Waals surface area contributed by atoms with E-state index >= 15 is 0 Å². The van der Waals surface area contributed by atoms with E-state index in [1.165, 1.54) is 35.5 Å². The highest BCUT2D eigenvalue weighted by molar-refractivity contribution is 7.10. The van der Waals surface area contributed by atoms with E-state index in [4.69, 9.17) is 0 Å². The number of benzene rings is 1. The molecule has 0 spiro atoms. The minimum Gasteiger partial charge on any atom is -0.346 e. The van der Waals surface area contributed by atoms with Crippen molar-refractivity contribution in [3.8, 4) is 0 Å². The fourth-order valence-corrected chi connectivity index (χ4v) is 4.85.